The molecule has 1 aliphatic heterocycles. The lowest BCUT2D eigenvalue weighted by atomic mass is 10.0. The van der Waals surface area contributed by atoms with Gasteiger partial charge in [0.2, 0.25) is 0 Å². The summed E-state index contributed by atoms with van der Waals surface area (Å²) < 4.78 is 0. The molecule has 0 atom stereocenters. The molecule has 3 aromatic carbocycles. The van der Waals surface area contributed by atoms with E-state index in [2.05, 4.69) is 98.5 Å². The molecule has 0 saturated carbocycles. The van der Waals surface area contributed by atoms with Crippen molar-refractivity contribution in [3.63, 3.8) is 0 Å². The molecule has 7 heteroatoms. The van der Waals surface area contributed by atoms with E-state index in [0.29, 0.717) is 5.56 Å². The number of hydrogen-bond donors (Lipinski definition) is 4. The Bertz CT molecular complexity index is 2590. The molecular weight excluding hydrogens is 582 g/mol. The number of nitrogens with zero attached hydrogens (tertiary/aromatic N) is 1. The van der Waals surface area contributed by atoms with E-state index in [0.717, 1.165) is 72.0 Å². The van der Waals surface area contributed by atoms with Crippen LogP contribution in [-0.2, 0) is 0 Å². The molecule has 8 rings (SSSR count). The highest BCUT2D eigenvalue weighted by molar-refractivity contribution is 5.83. The minimum Gasteiger partial charge on any atom is -0.355 e. The molecule has 1 aliphatic rings. The maximum atomic E-state index is 11.2. The molecule has 7 nitrogen and oxygen atoms in total. The zero-order valence-electron chi connectivity index (χ0n) is 25.0. The van der Waals surface area contributed by atoms with Crippen LogP contribution in [0.1, 0.15) is 39.5 Å². The standard InChI is InChI=1S/C40H27N5O2/c46-45(47)31-16-11-26(12-17-31)13-18-32-33-21-23-37(43-33)39(27-7-3-1-4-8-27)35-19-14-29(41-35)25-30-15-20-36(42-30)40(28-9-5-2-6-10-28)38-24-22-34(32)44-38/h1-12,14-17,19-25,41-44H. The highest BCUT2D eigenvalue weighted by Crippen LogP contribution is 2.23. The van der Waals surface area contributed by atoms with Crippen molar-refractivity contribution >= 4 is 28.5 Å². The number of aromatic nitrogens is 4. The van der Waals surface area contributed by atoms with Crippen LogP contribution in [0.3, 0.4) is 0 Å². The molecule has 0 amide bonds. The number of nitro groups is 1. The average molecular weight is 610 g/mol. The van der Waals surface area contributed by atoms with Gasteiger partial charge in [0.1, 0.15) is 0 Å². The van der Waals surface area contributed by atoms with Gasteiger partial charge >= 0.3 is 0 Å². The van der Waals surface area contributed by atoms with Crippen LogP contribution in [0, 0.1) is 22.0 Å². The van der Waals surface area contributed by atoms with Crippen molar-refractivity contribution in [2.24, 2.45) is 0 Å². The van der Waals surface area contributed by atoms with E-state index < -0.39 is 4.92 Å². The van der Waals surface area contributed by atoms with Crippen LogP contribution < -0.4 is 21.4 Å². The molecule has 0 aliphatic carbocycles. The molecule has 0 radical (unpaired) electrons. The molecule has 8 bridgehead atoms. The van der Waals surface area contributed by atoms with Gasteiger partial charge in [-0.15, -0.1) is 0 Å². The number of rotatable bonds is 3. The third-order valence-corrected chi connectivity index (χ3v) is 8.25. The van der Waals surface area contributed by atoms with Gasteiger partial charge in [-0.05, 0) is 77.9 Å². The summed E-state index contributed by atoms with van der Waals surface area (Å²) in [4.78, 5) is 25.4. The Kier molecular flexibility index (Phi) is 6.86. The Morgan fingerprint density at radius 1 is 0.511 bits per heavy atom. The van der Waals surface area contributed by atoms with E-state index in [9.17, 15) is 10.1 Å². The number of hydrogen-bond acceptors (Lipinski definition) is 2. The van der Waals surface area contributed by atoms with Gasteiger partial charge in [-0.1, -0.05) is 72.5 Å². The largest absolute Gasteiger partial charge is 0.355 e. The molecule has 47 heavy (non-hydrogen) atoms. The molecule has 0 unspecified atom stereocenters. The van der Waals surface area contributed by atoms with Gasteiger partial charge in [-0.2, -0.15) is 0 Å². The zero-order valence-corrected chi connectivity index (χ0v) is 25.0. The summed E-state index contributed by atoms with van der Waals surface area (Å²) in [6.45, 7) is 0. The smallest absolute Gasteiger partial charge is 0.269 e. The van der Waals surface area contributed by atoms with Crippen LogP contribution in [0.25, 0.3) is 22.8 Å². The molecule has 224 valence electrons. The van der Waals surface area contributed by atoms with Crippen LogP contribution in [-0.4, -0.2) is 24.9 Å². The number of aromatic amines is 4. The lowest BCUT2D eigenvalue weighted by Crippen LogP contribution is -2.17. The van der Waals surface area contributed by atoms with E-state index in [-0.39, 0.29) is 5.69 Å². The Labute approximate surface area is 269 Å². The fourth-order valence-electron chi connectivity index (χ4n) is 6.03. The molecule has 4 aromatic heterocycles. The highest BCUT2D eigenvalue weighted by Gasteiger charge is 2.14. The fourth-order valence-corrected chi connectivity index (χ4v) is 6.03. The van der Waals surface area contributed by atoms with Crippen molar-refractivity contribution in [2.75, 3.05) is 0 Å². The summed E-state index contributed by atoms with van der Waals surface area (Å²) >= 11 is 0. The third kappa shape index (κ3) is 5.41. The monoisotopic (exact) mass is 609 g/mol. The van der Waals surface area contributed by atoms with Gasteiger partial charge in [-0.25, -0.2) is 0 Å². The van der Waals surface area contributed by atoms with E-state index in [1.807, 2.05) is 48.5 Å². The van der Waals surface area contributed by atoms with Gasteiger partial charge in [0.05, 0.1) is 21.5 Å². The van der Waals surface area contributed by atoms with Crippen molar-refractivity contribution < 1.29 is 4.92 Å². The second-order valence-electron chi connectivity index (χ2n) is 11.3. The lowest BCUT2D eigenvalue weighted by molar-refractivity contribution is -0.384. The van der Waals surface area contributed by atoms with Gasteiger partial charge in [0.25, 0.3) is 5.69 Å². The Morgan fingerprint density at radius 2 is 1.11 bits per heavy atom. The van der Waals surface area contributed by atoms with Crippen molar-refractivity contribution in [3.8, 4) is 11.8 Å². The minimum atomic E-state index is -0.408. The third-order valence-electron chi connectivity index (χ3n) is 8.25. The Balaban J connectivity index is 1.43. The van der Waals surface area contributed by atoms with Crippen LogP contribution >= 0.6 is 0 Å². The first-order chi connectivity index (χ1) is 23.1. The normalized spacial score (nSPS) is 12.3. The zero-order chi connectivity index (χ0) is 31.7. The summed E-state index contributed by atoms with van der Waals surface area (Å²) in [5.41, 5.74) is 9.41. The number of benzene rings is 3. The first-order valence-corrected chi connectivity index (χ1v) is 15.2. The summed E-state index contributed by atoms with van der Waals surface area (Å²) in [5.74, 6) is 6.62. The Hall–Kier alpha value is -6.78. The number of nitro benzene ring substituents is 1. The van der Waals surface area contributed by atoms with Crippen molar-refractivity contribution in [2.45, 2.75) is 0 Å². The lowest BCUT2D eigenvalue weighted by Gasteiger charge is -2.06. The summed E-state index contributed by atoms with van der Waals surface area (Å²) in [5, 5.41) is 14.9. The molecular formula is C40H27N5O2. The molecule has 0 saturated heterocycles. The van der Waals surface area contributed by atoms with Crippen LogP contribution in [0.2, 0.25) is 0 Å². The number of non-ortho nitro benzene ring substituents is 1. The predicted molar refractivity (Wildman–Crippen MR) is 184 cm³/mol. The van der Waals surface area contributed by atoms with Gasteiger partial charge in [-0.3, -0.25) is 10.1 Å². The first-order valence-electron chi connectivity index (χ1n) is 15.2. The average Bonchev–Trinajstić information content (AvgIpc) is 3.93. The summed E-state index contributed by atoms with van der Waals surface area (Å²) in [6.07, 6.45) is 2.12. The van der Waals surface area contributed by atoms with E-state index in [1.165, 1.54) is 12.1 Å². The Morgan fingerprint density at radius 3 is 1.81 bits per heavy atom. The van der Waals surface area contributed by atoms with Crippen molar-refractivity contribution in [1.82, 2.24) is 19.9 Å². The topological polar surface area (TPSA) is 106 Å². The van der Waals surface area contributed by atoms with Gasteiger partial charge in [0.15, 0.2) is 0 Å². The molecule has 7 aromatic rings. The number of H-pyrrole nitrogens is 4. The molecule has 0 fully saturated rings. The van der Waals surface area contributed by atoms with Gasteiger partial charge < -0.3 is 19.9 Å². The SMILES string of the molecule is O=[N+]([O-])c1ccc(C#CC2=c3ccc([nH]3)=C(c3ccccc3)c3ccc([nH]3)C=c3ccc([nH]3)=C(c3ccccc3)c3ccc2[nH]3)cc1. The second kappa shape index (κ2) is 11.6. The highest BCUT2D eigenvalue weighted by atomic mass is 16.6. The summed E-state index contributed by atoms with van der Waals surface area (Å²) in [7, 11) is 0. The van der Waals surface area contributed by atoms with E-state index >= 15 is 0 Å². The first kappa shape index (κ1) is 27.7. The maximum absolute atomic E-state index is 11.2. The van der Waals surface area contributed by atoms with Crippen molar-refractivity contribution in [1.29, 1.82) is 0 Å². The second-order valence-corrected chi connectivity index (χ2v) is 11.3. The molecule has 4 N–H and O–H groups in total. The number of fused-ring (bicyclic) bond motifs is 8. The minimum absolute atomic E-state index is 0.0291. The molecule has 5 heterocycles. The van der Waals surface area contributed by atoms with Crippen LogP contribution in [0.5, 0.6) is 0 Å². The van der Waals surface area contributed by atoms with Crippen molar-refractivity contribution in [3.05, 3.63) is 204 Å². The quantitative estimate of drug-likeness (QED) is 0.131. The maximum Gasteiger partial charge on any atom is 0.269 e. The summed E-state index contributed by atoms with van der Waals surface area (Å²) in [6, 6.07) is 43.5. The van der Waals surface area contributed by atoms with Crippen LogP contribution in [0.4, 0.5) is 5.69 Å². The number of nitrogens with one attached hydrogen (secondary N) is 4. The van der Waals surface area contributed by atoms with Crippen LogP contribution in [0.15, 0.2) is 133 Å². The van der Waals surface area contributed by atoms with Gasteiger partial charge in [0, 0.05) is 62.0 Å². The van der Waals surface area contributed by atoms with E-state index in [1.54, 1.807) is 12.1 Å². The molecule has 0 spiro atoms. The predicted octanol–water partition coefficient (Wildman–Crippen LogP) is 4.79. The fraction of sp³-hybridized carbons (Fsp3) is 0. The van der Waals surface area contributed by atoms with E-state index in [4.69, 9.17) is 0 Å².